The van der Waals surface area contributed by atoms with E-state index < -0.39 is 10.0 Å². The smallest absolute Gasteiger partial charge is 0.242 e. The van der Waals surface area contributed by atoms with Gasteiger partial charge in [-0.15, -0.1) is 0 Å². The minimum Gasteiger partial charge on any atom is -0.398 e. The molecule has 0 bridgehead atoms. The SMILES string of the molecule is CC(CNS(=O)(=O)c1ccccc1N)c1ccccc1. The fraction of sp³-hybridized carbons (Fsp3) is 0.200. The van der Waals surface area contributed by atoms with Gasteiger partial charge in [0.25, 0.3) is 0 Å². The van der Waals surface area contributed by atoms with Crippen molar-refractivity contribution in [3.05, 3.63) is 60.2 Å². The molecule has 0 aromatic heterocycles. The van der Waals surface area contributed by atoms with Crippen LogP contribution in [0.5, 0.6) is 0 Å². The molecular formula is C15H18N2O2S. The molecule has 2 aromatic rings. The molecule has 0 heterocycles. The molecule has 20 heavy (non-hydrogen) atoms. The normalized spacial score (nSPS) is 13.1. The second kappa shape index (κ2) is 6.07. The summed E-state index contributed by atoms with van der Waals surface area (Å²) in [6.07, 6.45) is 0. The van der Waals surface area contributed by atoms with Crippen molar-refractivity contribution >= 4 is 15.7 Å². The lowest BCUT2D eigenvalue weighted by Gasteiger charge is -2.14. The van der Waals surface area contributed by atoms with Crippen molar-refractivity contribution in [3.8, 4) is 0 Å². The van der Waals surface area contributed by atoms with E-state index in [-0.39, 0.29) is 16.5 Å². The second-order valence-corrected chi connectivity index (χ2v) is 6.44. The summed E-state index contributed by atoms with van der Waals surface area (Å²) in [4.78, 5) is 0.125. The van der Waals surface area contributed by atoms with Crippen molar-refractivity contribution in [2.45, 2.75) is 17.7 Å². The van der Waals surface area contributed by atoms with Gasteiger partial charge in [0.2, 0.25) is 10.0 Å². The van der Waals surface area contributed by atoms with Crippen molar-refractivity contribution < 1.29 is 8.42 Å². The maximum absolute atomic E-state index is 12.2. The van der Waals surface area contributed by atoms with Crippen molar-refractivity contribution in [1.82, 2.24) is 4.72 Å². The number of rotatable bonds is 5. The molecule has 2 aromatic carbocycles. The zero-order chi connectivity index (χ0) is 14.6. The summed E-state index contributed by atoms with van der Waals surface area (Å²) < 4.78 is 27.0. The van der Waals surface area contributed by atoms with Crippen LogP contribution in [0.25, 0.3) is 0 Å². The van der Waals surface area contributed by atoms with Crippen molar-refractivity contribution in [2.75, 3.05) is 12.3 Å². The number of hydrogen-bond acceptors (Lipinski definition) is 3. The molecule has 3 N–H and O–H groups in total. The minimum atomic E-state index is -3.57. The lowest BCUT2D eigenvalue weighted by Crippen LogP contribution is -2.28. The molecule has 5 heteroatoms. The Morgan fingerprint density at radius 3 is 2.30 bits per heavy atom. The molecule has 0 fully saturated rings. The Labute approximate surface area is 119 Å². The van der Waals surface area contributed by atoms with Crippen LogP contribution >= 0.6 is 0 Å². The van der Waals surface area contributed by atoms with Crippen LogP contribution in [-0.2, 0) is 10.0 Å². The van der Waals surface area contributed by atoms with Crippen LogP contribution in [0.4, 0.5) is 5.69 Å². The largest absolute Gasteiger partial charge is 0.398 e. The fourth-order valence-electron chi connectivity index (χ4n) is 1.94. The van der Waals surface area contributed by atoms with E-state index in [1.165, 1.54) is 6.07 Å². The van der Waals surface area contributed by atoms with Gasteiger partial charge in [0.1, 0.15) is 4.90 Å². The Morgan fingerprint density at radius 1 is 1.05 bits per heavy atom. The monoisotopic (exact) mass is 290 g/mol. The molecule has 0 saturated heterocycles. The first-order valence-electron chi connectivity index (χ1n) is 6.40. The van der Waals surface area contributed by atoms with Gasteiger partial charge in [0, 0.05) is 6.54 Å². The Bertz CT molecular complexity index is 669. The van der Waals surface area contributed by atoms with Crippen LogP contribution in [0.3, 0.4) is 0 Å². The quantitative estimate of drug-likeness (QED) is 0.830. The standard InChI is InChI=1S/C15H18N2O2S/c1-12(13-7-3-2-4-8-13)11-17-20(18,19)15-10-6-5-9-14(15)16/h2-10,12,17H,11,16H2,1H3. The highest BCUT2D eigenvalue weighted by molar-refractivity contribution is 7.89. The van der Waals surface area contributed by atoms with Crippen molar-refractivity contribution in [2.24, 2.45) is 0 Å². The van der Waals surface area contributed by atoms with Crippen LogP contribution in [0.15, 0.2) is 59.5 Å². The summed E-state index contributed by atoms with van der Waals surface area (Å²) >= 11 is 0. The van der Waals surface area contributed by atoms with E-state index in [1.54, 1.807) is 18.2 Å². The summed E-state index contributed by atoms with van der Waals surface area (Å²) in [6.45, 7) is 2.31. The number of nitrogens with two attached hydrogens (primary N) is 1. The molecule has 0 saturated carbocycles. The molecule has 4 nitrogen and oxygen atoms in total. The van der Waals surface area contributed by atoms with Gasteiger partial charge in [-0.25, -0.2) is 13.1 Å². The zero-order valence-electron chi connectivity index (χ0n) is 11.3. The van der Waals surface area contributed by atoms with Crippen LogP contribution < -0.4 is 10.5 Å². The van der Waals surface area contributed by atoms with Crippen molar-refractivity contribution in [3.63, 3.8) is 0 Å². The molecular weight excluding hydrogens is 272 g/mol. The third-order valence-electron chi connectivity index (χ3n) is 3.16. The number of sulfonamides is 1. The Morgan fingerprint density at radius 2 is 1.65 bits per heavy atom. The van der Waals surface area contributed by atoms with Crippen LogP contribution in [-0.4, -0.2) is 15.0 Å². The van der Waals surface area contributed by atoms with Gasteiger partial charge >= 0.3 is 0 Å². The molecule has 0 aliphatic carbocycles. The van der Waals surface area contributed by atoms with E-state index in [0.717, 1.165) is 5.56 Å². The Balaban J connectivity index is 2.09. The van der Waals surface area contributed by atoms with Gasteiger partial charge in [-0.1, -0.05) is 49.4 Å². The fourth-order valence-corrected chi connectivity index (χ4v) is 3.20. The summed E-state index contributed by atoms with van der Waals surface area (Å²) in [5, 5.41) is 0. The van der Waals surface area contributed by atoms with Crippen molar-refractivity contribution in [1.29, 1.82) is 0 Å². The van der Waals surface area contributed by atoms with E-state index in [0.29, 0.717) is 6.54 Å². The molecule has 106 valence electrons. The molecule has 1 atom stereocenters. The lowest BCUT2D eigenvalue weighted by molar-refractivity contribution is 0.575. The number of hydrogen-bond donors (Lipinski definition) is 2. The molecule has 2 rings (SSSR count). The predicted octanol–water partition coefficient (Wildman–Crippen LogP) is 2.35. The zero-order valence-corrected chi connectivity index (χ0v) is 12.1. The third kappa shape index (κ3) is 3.37. The Hall–Kier alpha value is -1.85. The van der Waals surface area contributed by atoms with E-state index in [2.05, 4.69) is 4.72 Å². The number of nitrogens with one attached hydrogen (secondary N) is 1. The summed E-state index contributed by atoms with van der Waals surface area (Å²) in [6, 6.07) is 16.2. The molecule has 0 amide bonds. The van der Waals surface area contributed by atoms with E-state index in [9.17, 15) is 8.42 Å². The van der Waals surface area contributed by atoms with Crippen LogP contribution in [0.2, 0.25) is 0 Å². The van der Waals surface area contributed by atoms with Gasteiger partial charge < -0.3 is 5.73 Å². The number of nitrogen functional groups attached to an aromatic ring is 1. The average molecular weight is 290 g/mol. The Kier molecular flexibility index (Phi) is 4.42. The second-order valence-electron chi connectivity index (χ2n) is 4.70. The first kappa shape index (κ1) is 14.6. The molecule has 0 radical (unpaired) electrons. The highest BCUT2D eigenvalue weighted by Crippen LogP contribution is 2.18. The predicted molar refractivity (Wildman–Crippen MR) is 80.9 cm³/mol. The first-order chi connectivity index (χ1) is 9.50. The van der Waals surface area contributed by atoms with Crippen LogP contribution in [0, 0.1) is 0 Å². The first-order valence-corrected chi connectivity index (χ1v) is 7.88. The third-order valence-corrected chi connectivity index (χ3v) is 4.65. The van der Waals surface area contributed by atoms with Gasteiger partial charge in [-0.05, 0) is 23.6 Å². The molecule has 0 aliphatic heterocycles. The minimum absolute atomic E-state index is 0.0934. The van der Waals surface area contributed by atoms with Gasteiger partial charge in [0.05, 0.1) is 5.69 Å². The van der Waals surface area contributed by atoms with Gasteiger partial charge in [-0.2, -0.15) is 0 Å². The number of anilines is 1. The average Bonchev–Trinajstić information content (AvgIpc) is 2.46. The van der Waals surface area contributed by atoms with E-state index >= 15 is 0 Å². The maximum Gasteiger partial charge on any atom is 0.242 e. The van der Waals surface area contributed by atoms with Crippen LogP contribution in [0.1, 0.15) is 18.4 Å². The lowest BCUT2D eigenvalue weighted by atomic mass is 10.0. The van der Waals surface area contributed by atoms with E-state index in [1.807, 2.05) is 37.3 Å². The number of benzene rings is 2. The highest BCUT2D eigenvalue weighted by atomic mass is 32.2. The van der Waals surface area contributed by atoms with Gasteiger partial charge in [0.15, 0.2) is 0 Å². The summed E-state index contributed by atoms with van der Waals surface area (Å²) in [5.41, 5.74) is 7.06. The molecule has 1 unspecified atom stereocenters. The maximum atomic E-state index is 12.2. The molecule has 0 aliphatic rings. The topological polar surface area (TPSA) is 72.2 Å². The van der Waals surface area contributed by atoms with Gasteiger partial charge in [-0.3, -0.25) is 0 Å². The number of para-hydroxylation sites is 1. The highest BCUT2D eigenvalue weighted by Gasteiger charge is 2.17. The summed E-state index contributed by atoms with van der Waals surface area (Å²) in [5.74, 6) is 0.0934. The summed E-state index contributed by atoms with van der Waals surface area (Å²) in [7, 11) is -3.57. The molecule has 0 spiro atoms. The van der Waals surface area contributed by atoms with E-state index in [4.69, 9.17) is 5.73 Å².